The standard InChI is InChI=1S/C19H30N4O7/c1-18(2,3)13(11-8-20-9-21-11)14(16(27)28)23-15(26)10(7-12(24)25)22-17(29)30-19(4,5)6/h8-10,13-14H,7H2,1-6H3,(H,20,21)(H,22,29)(H,23,26)(H,24,25)(H,27,28)/t10-,13?,14-/m0/s1. The molecule has 30 heavy (non-hydrogen) atoms. The van der Waals surface area contributed by atoms with Crippen molar-refractivity contribution in [2.75, 3.05) is 0 Å². The summed E-state index contributed by atoms with van der Waals surface area (Å²) in [6.07, 6.45) is 1.12. The van der Waals surface area contributed by atoms with Crippen molar-refractivity contribution in [3.63, 3.8) is 0 Å². The van der Waals surface area contributed by atoms with Gasteiger partial charge < -0.3 is 30.6 Å². The largest absolute Gasteiger partial charge is 0.481 e. The number of aromatic amines is 1. The number of carboxylic acids is 2. The fraction of sp³-hybridized carbons (Fsp3) is 0.632. The van der Waals surface area contributed by atoms with Gasteiger partial charge in [-0.25, -0.2) is 14.6 Å². The van der Waals surface area contributed by atoms with Crippen molar-refractivity contribution in [3.8, 4) is 0 Å². The lowest BCUT2D eigenvalue weighted by Gasteiger charge is -2.35. The molecule has 0 bridgehead atoms. The van der Waals surface area contributed by atoms with Crippen molar-refractivity contribution in [3.05, 3.63) is 18.2 Å². The van der Waals surface area contributed by atoms with Crippen LogP contribution in [0.5, 0.6) is 0 Å². The van der Waals surface area contributed by atoms with E-state index in [9.17, 15) is 24.3 Å². The summed E-state index contributed by atoms with van der Waals surface area (Å²) in [6.45, 7) is 10.2. The van der Waals surface area contributed by atoms with E-state index in [0.29, 0.717) is 5.69 Å². The number of carboxylic acid groups (broad SMARTS) is 2. The number of rotatable bonds is 8. The number of aromatic nitrogens is 2. The van der Waals surface area contributed by atoms with E-state index >= 15 is 0 Å². The van der Waals surface area contributed by atoms with E-state index in [4.69, 9.17) is 9.84 Å². The third-order valence-electron chi connectivity index (χ3n) is 4.07. The molecule has 0 fully saturated rings. The zero-order valence-electron chi connectivity index (χ0n) is 18.0. The second-order valence-corrected chi connectivity index (χ2v) is 8.97. The molecule has 2 amide bonds. The predicted octanol–water partition coefficient (Wildman–Crippen LogP) is 1.48. The highest BCUT2D eigenvalue weighted by Crippen LogP contribution is 2.37. The number of aliphatic carboxylic acids is 2. The van der Waals surface area contributed by atoms with Crippen molar-refractivity contribution in [2.45, 2.75) is 71.6 Å². The van der Waals surface area contributed by atoms with Crippen LogP contribution in [-0.2, 0) is 19.1 Å². The van der Waals surface area contributed by atoms with Crippen molar-refractivity contribution in [1.82, 2.24) is 20.6 Å². The van der Waals surface area contributed by atoms with Crippen molar-refractivity contribution < 1.29 is 34.1 Å². The molecule has 1 unspecified atom stereocenters. The number of hydrogen-bond donors (Lipinski definition) is 5. The van der Waals surface area contributed by atoms with Crippen molar-refractivity contribution in [1.29, 1.82) is 0 Å². The quantitative estimate of drug-likeness (QED) is 0.416. The van der Waals surface area contributed by atoms with Crippen LogP contribution in [0.3, 0.4) is 0 Å². The van der Waals surface area contributed by atoms with Gasteiger partial charge in [0, 0.05) is 17.8 Å². The van der Waals surface area contributed by atoms with Gasteiger partial charge in [0.1, 0.15) is 17.7 Å². The normalized spacial score (nSPS) is 14.9. The second-order valence-electron chi connectivity index (χ2n) is 8.97. The summed E-state index contributed by atoms with van der Waals surface area (Å²) in [7, 11) is 0. The molecule has 0 aliphatic heterocycles. The monoisotopic (exact) mass is 426 g/mol. The van der Waals surface area contributed by atoms with Crippen LogP contribution in [-0.4, -0.2) is 61.8 Å². The van der Waals surface area contributed by atoms with E-state index in [2.05, 4.69) is 20.6 Å². The number of carbonyl (C=O) groups is 4. The third-order valence-corrected chi connectivity index (χ3v) is 4.07. The first kappa shape index (κ1) is 24.9. The van der Waals surface area contributed by atoms with Crippen LogP contribution >= 0.6 is 0 Å². The van der Waals surface area contributed by atoms with Crippen LogP contribution in [0.2, 0.25) is 0 Å². The molecule has 1 aromatic heterocycles. The smallest absolute Gasteiger partial charge is 0.408 e. The number of imidazole rings is 1. The van der Waals surface area contributed by atoms with Gasteiger partial charge in [-0.05, 0) is 26.2 Å². The Hall–Kier alpha value is -3.11. The molecule has 0 saturated heterocycles. The summed E-state index contributed by atoms with van der Waals surface area (Å²) in [4.78, 5) is 54.7. The molecule has 0 aliphatic carbocycles. The second kappa shape index (κ2) is 9.59. The number of H-pyrrole nitrogens is 1. The van der Waals surface area contributed by atoms with Crippen LogP contribution < -0.4 is 10.6 Å². The van der Waals surface area contributed by atoms with Crippen LogP contribution in [0.25, 0.3) is 0 Å². The molecule has 3 atom stereocenters. The summed E-state index contributed by atoms with van der Waals surface area (Å²) in [5.41, 5.74) is -0.982. The summed E-state index contributed by atoms with van der Waals surface area (Å²) < 4.78 is 5.06. The van der Waals surface area contributed by atoms with Crippen LogP contribution in [0.15, 0.2) is 12.5 Å². The highest BCUT2D eigenvalue weighted by Gasteiger charge is 2.41. The van der Waals surface area contributed by atoms with E-state index in [1.54, 1.807) is 41.5 Å². The lowest BCUT2D eigenvalue weighted by molar-refractivity contribution is -0.144. The van der Waals surface area contributed by atoms with Crippen molar-refractivity contribution in [2.24, 2.45) is 5.41 Å². The minimum atomic E-state index is -1.53. The highest BCUT2D eigenvalue weighted by atomic mass is 16.6. The van der Waals surface area contributed by atoms with Gasteiger partial charge in [-0.15, -0.1) is 0 Å². The third kappa shape index (κ3) is 7.72. The van der Waals surface area contributed by atoms with Gasteiger partial charge in [0.15, 0.2) is 0 Å². The maximum absolute atomic E-state index is 12.8. The van der Waals surface area contributed by atoms with Crippen molar-refractivity contribution >= 4 is 23.9 Å². The van der Waals surface area contributed by atoms with Gasteiger partial charge in [-0.2, -0.15) is 0 Å². The number of hydrogen-bond acceptors (Lipinski definition) is 6. The molecule has 1 aromatic rings. The minimum absolute atomic E-state index is 0.491. The van der Waals surface area contributed by atoms with Gasteiger partial charge in [-0.3, -0.25) is 9.59 Å². The summed E-state index contributed by atoms with van der Waals surface area (Å²) in [5.74, 6) is -4.33. The Bertz CT molecular complexity index is 763. The summed E-state index contributed by atoms with van der Waals surface area (Å²) >= 11 is 0. The zero-order valence-corrected chi connectivity index (χ0v) is 18.0. The zero-order chi connectivity index (χ0) is 23.3. The van der Waals surface area contributed by atoms with E-state index in [0.717, 1.165) is 0 Å². The molecular weight excluding hydrogens is 396 g/mol. The Morgan fingerprint density at radius 1 is 1.10 bits per heavy atom. The molecule has 0 aliphatic rings. The average molecular weight is 426 g/mol. The first-order valence-electron chi connectivity index (χ1n) is 9.34. The fourth-order valence-electron chi connectivity index (χ4n) is 2.96. The number of nitrogens with one attached hydrogen (secondary N) is 3. The van der Waals surface area contributed by atoms with Crippen LogP contribution in [0, 0.1) is 5.41 Å². The maximum Gasteiger partial charge on any atom is 0.408 e. The predicted molar refractivity (Wildman–Crippen MR) is 106 cm³/mol. The number of ether oxygens (including phenoxy) is 1. The number of amides is 2. The first-order valence-corrected chi connectivity index (χ1v) is 9.34. The van der Waals surface area contributed by atoms with E-state index < -0.39 is 59.4 Å². The molecule has 1 heterocycles. The number of nitrogens with zero attached hydrogens (tertiary/aromatic N) is 1. The Morgan fingerprint density at radius 3 is 2.10 bits per heavy atom. The first-order chi connectivity index (χ1) is 13.6. The average Bonchev–Trinajstić information content (AvgIpc) is 3.03. The van der Waals surface area contributed by atoms with Crippen LogP contribution in [0.4, 0.5) is 4.79 Å². The molecule has 5 N–H and O–H groups in total. The van der Waals surface area contributed by atoms with Gasteiger partial charge in [0.25, 0.3) is 0 Å². The van der Waals surface area contributed by atoms with Gasteiger partial charge in [0.05, 0.1) is 12.7 Å². The molecule has 0 spiro atoms. The van der Waals surface area contributed by atoms with Gasteiger partial charge >= 0.3 is 18.0 Å². The van der Waals surface area contributed by atoms with E-state index in [1.807, 2.05) is 0 Å². The molecule has 0 radical (unpaired) electrons. The molecule has 0 aromatic carbocycles. The Kier molecular flexibility index (Phi) is 7.97. The summed E-state index contributed by atoms with van der Waals surface area (Å²) in [6, 6.07) is -2.93. The molecule has 11 nitrogen and oxygen atoms in total. The number of carbonyl (C=O) groups excluding carboxylic acids is 2. The van der Waals surface area contributed by atoms with Gasteiger partial charge in [-0.1, -0.05) is 20.8 Å². The highest BCUT2D eigenvalue weighted by molar-refractivity contribution is 5.92. The summed E-state index contributed by atoms with van der Waals surface area (Å²) in [5, 5.41) is 23.4. The lowest BCUT2D eigenvalue weighted by atomic mass is 9.74. The maximum atomic E-state index is 12.8. The van der Waals surface area contributed by atoms with E-state index in [-0.39, 0.29) is 0 Å². The van der Waals surface area contributed by atoms with Gasteiger partial charge in [0.2, 0.25) is 5.91 Å². The molecule has 11 heteroatoms. The van der Waals surface area contributed by atoms with Crippen LogP contribution in [0.1, 0.15) is 59.6 Å². The molecular formula is C19H30N4O7. The Balaban J connectivity index is 3.13. The minimum Gasteiger partial charge on any atom is -0.481 e. The van der Waals surface area contributed by atoms with E-state index in [1.165, 1.54) is 12.5 Å². The lowest BCUT2D eigenvalue weighted by Crippen LogP contribution is -2.55. The molecule has 168 valence electrons. The fourth-order valence-corrected chi connectivity index (χ4v) is 2.96. The molecule has 1 rings (SSSR count). The Labute approximate surface area is 174 Å². The topological polar surface area (TPSA) is 171 Å². The molecule has 0 saturated carbocycles. The SMILES string of the molecule is CC(C)(C)OC(=O)N[C@@H](CC(=O)O)C(=O)N[C@H](C(=O)O)C(c1cnc[nH]1)C(C)(C)C. The number of alkyl carbamates (subject to hydrolysis) is 1. The Morgan fingerprint density at radius 2 is 1.70 bits per heavy atom.